The van der Waals surface area contributed by atoms with E-state index in [1.807, 2.05) is 81.6 Å². The van der Waals surface area contributed by atoms with Crippen LogP contribution in [0.4, 0.5) is 4.39 Å². The fourth-order valence-electron chi connectivity index (χ4n) is 5.28. The van der Waals surface area contributed by atoms with Gasteiger partial charge >= 0.3 is 0 Å². The van der Waals surface area contributed by atoms with Crippen LogP contribution >= 0.6 is 0 Å². The zero-order valence-electron chi connectivity index (χ0n) is 31.6. The number of para-hydroxylation sites is 1. The number of benzene rings is 4. The molecule has 5 heteroatoms. The van der Waals surface area contributed by atoms with Crippen LogP contribution in [0, 0.1) is 37.1 Å². The first kappa shape index (κ1) is 25.7. The molecule has 3 nitrogen and oxygen atoms in total. The number of aryl methyl sites for hydroxylation is 2. The third-order valence-corrected chi connectivity index (χ3v) is 7.32. The first-order chi connectivity index (χ1) is 24.1. The summed E-state index contributed by atoms with van der Waals surface area (Å²) in [4.78, 5) is 8.65. The van der Waals surface area contributed by atoms with Crippen molar-refractivity contribution in [3.63, 3.8) is 0 Å². The Morgan fingerprint density at radius 3 is 2.35 bits per heavy atom. The van der Waals surface area contributed by atoms with Crippen LogP contribution in [0.1, 0.15) is 45.7 Å². The van der Waals surface area contributed by atoms with Crippen LogP contribution in [0.25, 0.3) is 55.6 Å². The summed E-state index contributed by atoms with van der Waals surface area (Å²) in [6, 6.07) is 36.2. The van der Waals surface area contributed by atoms with Crippen molar-refractivity contribution in [2.24, 2.45) is 5.41 Å². The largest absolute Gasteiger partial charge is 0.501 e. The van der Waals surface area contributed by atoms with Crippen molar-refractivity contribution in [3.8, 4) is 33.6 Å². The number of aromatic nitrogens is 2. The maximum absolute atomic E-state index is 14.4. The van der Waals surface area contributed by atoms with Crippen LogP contribution in [-0.2, 0) is 26.5 Å². The van der Waals surface area contributed by atoms with Crippen LogP contribution in [0.2, 0.25) is 0 Å². The third kappa shape index (κ3) is 7.33. The van der Waals surface area contributed by atoms with E-state index in [4.69, 9.17) is 12.6 Å². The van der Waals surface area contributed by atoms with Gasteiger partial charge in [0, 0.05) is 51.9 Å². The van der Waals surface area contributed by atoms with Gasteiger partial charge in [-0.3, -0.25) is 4.39 Å². The maximum Gasteiger partial charge on any atom is 0.120 e. The van der Waals surface area contributed by atoms with Crippen molar-refractivity contribution in [1.29, 1.82) is 0 Å². The Bertz CT molecular complexity index is 2330. The quantitative estimate of drug-likeness (QED) is 0.167. The van der Waals surface area contributed by atoms with Crippen LogP contribution in [0.5, 0.6) is 0 Å². The molecular formula is C41H35FIrN2O-2. The fraction of sp³-hybridized carbons (Fsp3) is 0.171. The maximum atomic E-state index is 14.4. The van der Waals surface area contributed by atoms with E-state index in [-0.39, 0.29) is 47.9 Å². The first-order valence-electron chi connectivity index (χ1n) is 17.6. The van der Waals surface area contributed by atoms with E-state index in [9.17, 15) is 4.39 Å². The number of fused-ring (bicyclic) bond motifs is 3. The fourth-order valence-corrected chi connectivity index (χ4v) is 5.28. The predicted molar refractivity (Wildman–Crippen MR) is 182 cm³/mol. The standard InChI is InChI=1S/C23H14NO.C18H21FN.Ir/c1-2-7-16(8-3-1)17-13-14-24-21(15-17)20-11-6-10-19-18-9-4-5-12-22(18)25-23(19)20;1-12-6-7-15(16(19)8-12)17-9-14(10-18(3,4)5)13(2)11-20-17;/h1-10,12-15H;6,8-9,11H,10H2,1-5H3;/q2*-1;/i;1D3,2D3;. The molecule has 46 heavy (non-hydrogen) atoms. The van der Waals surface area contributed by atoms with Gasteiger partial charge in [0.15, 0.2) is 0 Å². The van der Waals surface area contributed by atoms with Crippen LogP contribution in [0.3, 0.4) is 0 Å². The molecule has 0 aliphatic heterocycles. The van der Waals surface area contributed by atoms with Crippen LogP contribution < -0.4 is 0 Å². The molecule has 7 rings (SSSR count). The van der Waals surface area contributed by atoms with Crippen molar-refractivity contribution in [2.45, 2.75) is 40.9 Å². The summed E-state index contributed by atoms with van der Waals surface area (Å²) < 4.78 is 65.6. The smallest absolute Gasteiger partial charge is 0.120 e. The third-order valence-electron chi connectivity index (χ3n) is 7.32. The zero-order valence-corrected chi connectivity index (χ0v) is 28.0. The average molecular weight is 789 g/mol. The second kappa shape index (κ2) is 13.9. The van der Waals surface area contributed by atoms with E-state index in [1.54, 1.807) is 6.07 Å². The zero-order chi connectivity index (χ0) is 36.6. The minimum Gasteiger partial charge on any atom is -0.501 e. The summed E-state index contributed by atoms with van der Waals surface area (Å²) >= 11 is 0. The molecule has 7 aromatic rings. The molecule has 0 spiro atoms. The molecule has 0 aliphatic carbocycles. The van der Waals surface area contributed by atoms with Gasteiger partial charge in [-0.1, -0.05) is 110 Å². The van der Waals surface area contributed by atoms with E-state index in [0.29, 0.717) is 12.0 Å². The van der Waals surface area contributed by atoms with Crippen LogP contribution in [-0.4, -0.2) is 9.97 Å². The predicted octanol–water partition coefficient (Wildman–Crippen LogP) is 11.0. The van der Waals surface area contributed by atoms with Gasteiger partial charge in [0.25, 0.3) is 0 Å². The van der Waals surface area contributed by atoms with Crippen molar-refractivity contribution in [1.82, 2.24) is 9.97 Å². The molecule has 233 valence electrons. The Labute approximate surface area is 292 Å². The topological polar surface area (TPSA) is 38.9 Å². The van der Waals surface area contributed by atoms with Gasteiger partial charge in [0.1, 0.15) is 5.58 Å². The molecular weight excluding hydrogens is 748 g/mol. The Balaban J connectivity index is 0.000000197. The summed E-state index contributed by atoms with van der Waals surface area (Å²) in [5.74, 6) is -0.755. The molecule has 4 aromatic carbocycles. The molecule has 0 unspecified atom stereocenters. The number of pyridine rings is 2. The Kier molecular flexibility index (Phi) is 7.77. The van der Waals surface area contributed by atoms with E-state index in [0.717, 1.165) is 44.8 Å². The molecule has 3 aromatic heterocycles. The molecule has 1 radical (unpaired) electrons. The summed E-state index contributed by atoms with van der Waals surface area (Å²) in [5, 5.41) is 2.21. The van der Waals surface area contributed by atoms with Crippen molar-refractivity contribution in [3.05, 3.63) is 144 Å². The van der Waals surface area contributed by atoms with Gasteiger partial charge in [-0.05, 0) is 58.9 Å². The van der Waals surface area contributed by atoms with E-state index >= 15 is 0 Å². The minimum absolute atomic E-state index is 0. The molecule has 0 aliphatic rings. The minimum atomic E-state index is -2.42. The van der Waals surface area contributed by atoms with Crippen molar-refractivity contribution >= 4 is 21.9 Å². The van der Waals surface area contributed by atoms with Gasteiger partial charge in [0.05, 0.1) is 5.58 Å². The van der Waals surface area contributed by atoms with Crippen LogP contribution in [0.15, 0.2) is 114 Å². The number of nitrogens with zero attached hydrogens (tertiary/aromatic N) is 2. The van der Waals surface area contributed by atoms with Gasteiger partial charge in [-0.2, -0.15) is 0 Å². The SMILES string of the molecule is [2H]C([2H])([2H])c1c[c-]c(-c2cc(CC(C)(C)C)c(C([2H])([2H])[2H])cn2)c(F)c1.[Ir].[c-]1ccc2c(oc3ccccc32)c1-c1cc(-c2ccccc2)ccn1. The number of hydrogen-bond acceptors (Lipinski definition) is 3. The van der Waals surface area contributed by atoms with Gasteiger partial charge in [-0.25, -0.2) is 0 Å². The number of hydrogen-bond donors (Lipinski definition) is 0. The van der Waals surface area contributed by atoms with Gasteiger partial charge < -0.3 is 14.4 Å². The summed E-state index contributed by atoms with van der Waals surface area (Å²) in [6.07, 6.45) is 3.56. The van der Waals surface area contributed by atoms with E-state index < -0.39 is 19.5 Å². The summed E-state index contributed by atoms with van der Waals surface area (Å²) in [6.45, 7) is 1.20. The molecule has 0 bridgehead atoms. The number of furan rings is 1. The second-order valence-electron chi connectivity index (χ2n) is 12.1. The molecule has 0 atom stereocenters. The second-order valence-corrected chi connectivity index (χ2v) is 12.1. The molecule has 0 saturated carbocycles. The van der Waals surface area contributed by atoms with Gasteiger partial charge in [-0.15, -0.1) is 42.0 Å². The summed E-state index contributed by atoms with van der Waals surface area (Å²) in [5.41, 5.74) is 6.41. The summed E-state index contributed by atoms with van der Waals surface area (Å²) in [7, 11) is 0. The van der Waals surface area contributed by atoms with Crippen molar-refractivity contribution in [2.75, 3.05) is 0 Å². The molecule has 0 saturated heterocycles. The van der Waals surface area contributed by atoms with Gasteiger partial charge in [0.2, 0.25) is 0 Å². The number of rotatable bonds is 4. The van der Waals surface area contributed by atoms with E-state index in [2.05, 4.69) is 46.4 Å². The average Bonchev–Trinajstić information content (AvgIpc) is 3.46. The molecule has 0 fully saturated rings. The Morgan fingerprint density at radius 2 is 1.59 bits per heavy atom. The molecule has 0 N–H and O–H groups in total. The Morgan fingerprint density at radius 1 is 0.804 bits per heavy atom. The van der Waals surface area contributed by atoms with Crippen molar-refractivity contribution < 1.29 is 37.1 Å². The molecule has 0 amide bonds. The molecule has 3 heterocycles. The Hall–Kier alpha value is -4.44. The van der Waals surface area contributed by atoms with E-state index in [1.165, 1.54) is 17.8 Å². The first-order valence-corrected chi connectivity index (χ1v) is 14.6. The monoisotopic (exact) mass is 789 g/mol. The number of halogens is 1. The normalized spacial score (nSPS) is 13.7.